The topological polar surface area (TPSA) is 89.1 Å². The van der Waals surface area contributed by atoms with Gasteiger partial charge in [0.1, 0.15) is 12.4 Å². The number of hydrogen-bond acceptors (Lipinski definition) is 6. The standard InChI is InChI=1S/C27H36N2O5/c1-32-17-24(30)16-28-15-19-4-5-22-14-23(9-6-21(22)13-19)29-27(31)20-7-10-25(11-8-20)34-18-26-3-2-12-33-26/h4-5,7-8,10-11,13,23-24,26,28,30H,2-3,6,9,12,14-18H2,1H3,(H,29,31)/t23-,24?,26-/m0/s1. The van der Waals surface area contributed by atoms with Crippen LogP contribution in [-0.2, 0) is 28.9 Å². The number of rotatable bonds is 11. The van der Waals surface area contributed by atoms with Gasteiger partial charge in [0, 0.05) is 38.4 Å². The van der Waals surface area contributed by atoms with Crippen molar-refractivity contribution < 1.29 is 24.1 Å². The van der Waals surface area contributed by atoms with E-state index in [4.69, 9.17) is 14.2 Å². The van der Waals surface area contributed by atoms with Crippen molar-refractivity contribution in [1.29, 1.82) is 0 Å². The quantitative estimate of drug-likeness (QED) is 0.470. The highest BCUT2D eigenvalue weighted by atomic mass is 16.5. The third kappa shape index (κ3) is 7.03. The van der Waals surface area contributed by atoms with Crippen molar-refractivity contribution in [2.45, 2.75) is 56.9 Å². The summed E-state index contributed by atoms with van der Waals surface area (Å²) in [5.74, 6) is 0.715. The maximum absolute atomic E-state index is 12.8. The summed E-state index contributed by atoms with van der Waals surface area (Å²) < 4.78 is 16.3. The molecule has 1 aliphatic heterocycles. The van der Waals surface area contributed by atoms with Crippen LogP contribution in [0.15, 0.2) is 42.5 Å². The maximum atomic E-state index is 12.8. The van der Waals surface area contributed by atoms with Crippen LogP contribution < -0.4 is 15.4 Å². The van der Waals surface area contributed by atoms with E-state index in [0.717, 1.165) is 44.5 Å². The van der Waals surface area contributed by atoms with Gasteiger partial charge in [-0.15, -0.1) is 0 Å². The minimum absolute atomic E-state index is 0.0467. The summed E-state index contributed by atoms with van der Waals surface area (Å²) in [6, 6.07) is 14.0. The summed E-state index contributed by atoms with van der Waals surface area (Å²) >= 11 is 0. The molecule has 7 heteroatoms. The van der Waals surface area contributed by atoms with Crippen LogP contribution in [0.5, 0.6) is 5.75 Å². The van der Waals surface area contributed by atoms with Crippen molar-refractivity contribution in [1.82, 2.24) is 10.6 Å². The highest BCUT2D eigenvalue weighted by Gasteiger charge is 2.21. The van der Waals surface area contributed by atoms with Gasteiger partial charge in [-0.25, -0.2) is 0 Å². The fraction of sp³-hybridized carbons (Fsp3) is 0.519. The predicted octanol–water partition coefficient (Wildman–Crippen LogP) is 2.63. The summed E-state index contributed by atoms with van der Waals surface area (Å²) in [5, 5.41) is 16.2. The lowest BCUT2D eigenvalue weighted by Gasteiger charge is -2.26. The first-order chi connectivity index (χ1) is 16.6. The first-order valence-electron chi connectivity index (χ1n) is 12.2. The molecule has 184 valence electrons. The minimum atomic E-state index is -0.498. The Morgan fingerprint density at radius 2 is 2.03 bits per heavy atom. The number of carbonyl (C=O) groups is 1. The Balaban J connectivity index is 1.23. The van der Waals surface area contributed by atoms with E-state index in [1.807, 2.05) is 24.3 Å². The molecule has 1 fully saturated rings. The van der Waals surface area contributed by atoms with Gasteiger partial charge in [0.05, 0.1) is 18.8 Å². The van der Waals surface area contributed by atoms with E-state index in [-0.39, 0.29) is 18.1 Å². The molecular weight excluding hydrogens is 432 g/mol. The highest BCUT2D eigenvalue weighted by molar-refractivity contribution is 5.94. The average molecular weight is 469 g/mol. The molecule has 0 spiro atoms. The van der Waals surface area contributed by atoms with Crippen LogP contribution in [0.4, 0.5) is 0 Å². The molecule has 0 radical (unpaired) electrons. The van der Waals surface area contributed by atoms with E-state index in [2.05, 4.69) is 28.8 Å². The van der Waals surface area contributed by atoms with Gasteiger partial charge in [-0.3, -0.25) is 4.79 Å². The Morgan fingerprint density at radius 3 is 2.79 bits per heavy atom. The number of aliphatic hydroxyl groups excluding tert-OH is 1. The molecule has 1 heterocycles. The number of aliphatic hydroxyl groups is 1. The van der Waals surface area contributed by atoms with Crippen molar-refractivity contribution in [3.63, 3.8) is 0 Å². The number of benzene rings is 2. The first-order valence-corrected chi connectivity index (χ1v) is 12.2. The molecule has 0 saturated carbocycles. The third-order valence-corrected chi connectivity index (χ3v) is 6.48. The molecular formula is C27H36N2O5. The lowest BCUT2D eigenvalue weighted by atomic mass is 9.87. The number of carbonyl (C=O) groups excluding carboxylic acids is 1. The van der Waals surface area contributed by atoms with Crippen molar-refractivity contribution in [2.24, 2.45) is 0 Å². The molecule has 1 aliphatic carbocycles. The molecule has 1 amide bonds. The van der Waals surface area contributed by atoms with E-state index in [1.54, 1.807) is 7.11 Å². The maximum Gasteiger partial charge on any atom is 0.251 e. The van der Waals surface area contributed by atoms with Crippen LogP contribution in [0, 0.1) is 0 Å². The molecule has 0 aromatic heterocycles. The fourth-order valence-electron chi connectivity index (χ4n) is 4.61. The second kappa shape index (κ2) is 12.3. The van der Waals surface area contributed by atoms with Gasteiger partial charge < -0.3 is 30.0 Å². The van der Waals surface area contributed by atoms with Crippen molar-refractivity contribution in [3.8, 4) is 5.75 Å². The number of ether oxygens (including phenoxy) is 3. The largest absolute Gasteiger partial charge is 0.491 e. The third-order valence-electron chi connectivity index (χ3n) is 6.48. The van der Waals surface area contributed by atoms with Crippen LogP contribution in [0.2, 0.25) is 0 Å². The van der Waals surface area contributed by atoms with Crippen LogP contribution in [0.1, 0.15) is 46.3 Å². The normalized spacial score (nSPS) is 20.5. The summed E-state index contributed by atoms with van der Waals surface area (Å²) in [7, 11) is 1.59. The molecule has 1 saturated heterocycles. The second-order valence-corrected chi connectivity index (χ2v) is 9.23. The molecule has 2 aromatic rings. The zero-order valence-electron chi connectivity index (χ0n) is 19.9. The number of fused-ring (bicyclic) bond motifs is 1. The SMILES string of the molecule is COCC(O)CNCc1ccc2c(c1)CC[C@H](NC(=O)c1ccc(OC[C@@H]3CCCO3)cc1)C2. The van der Waals surface area contributed by atoms with E-state index in [1.165, 1.54) is 16.7 Å². The van der Waals surface area contributed by atoms with Crippen LogP contribution in [0.3, 0.4) is 0 Å². The van der Waals surface area contributed by atoms with Gasteiger partial charge >= 0.3 is 0 Å². The number of amides is 1. The van der Waals surface area contributed by atoms with Crippen LogP contribution in [0.25, 0.3) is 0 Å². The van der Waals surface area contributed by atoms with Crippen molar-refractivity contribution in [2.75, 3.05) is 33.5 Å². The second-order valence-electron chi connectivity index (χ2n) is 9.23. The lowest BCUT2D eigenvalue weighted by Crippen LogP contribution is -2.38. The summed E-state index contributed by atoms with van der Waals surface area (Å²) in [6.07, 6.45) is 4.52. The Kier molecular flexibility index (Phi) is 8.93. The number of nitrogens with one attached hydrogen (secondary N) is 2. The average Bonchev–Trinajstić information content (AvgIpc) is 3.37. The molecule has 7 nitrogen and oxygen atoms in total. The van der Waals surface area contributed by atoms with Gasteiger partial charge in [-0.2, -0.15) is 0 Å². The molecule has 3 N–H and O–H groups in total. The molecule has 2 aromatic carbocycles. The molecule has 4 rings (SSSR count). The fourth-order valence-corrected chi connectivity index (χ4v) is 4.61. The molecule has 1 unspecified atom stereocenters. The van der Waals surface area contributed by atoms with Crippen LogP contribution in [-0.4, -0.2) is 62.7 Å². The smallest absolute Gasteiger partial charge is 0.251 e. The summed E-state index contributed by atoms with van der Waals surface area (Å²) in [4.78, 5) is 12.8. The van der Waals surface area contributed by atoms with E-state index in [0.29, 0.717) is 31.9 Å². The number of aryl methyl sites for hydroxylation is 1. The zero-order valence-corrected chi connectivity index (χ0v) is 19.9. The first kappa shape index (κ1) is 24.7. The Bertz CT molecular complexity index is 927. The lowest BCUT2D eigenvalue weighted by molar-refractivity contribution is 0.0644. The number of hydrogen-bond donors (Lipinski definition) is 3. The van der Waals surface area contributed by atoms with Gasteiger partial charge in [0.2, 0.25) is 0 Å². The summed E-state index contributed by atoms with van der Waals surface area (Å²) in [5.41, 5.74) is 4.48. The van der Waals surface area contributed by atoms with Gasteiger partial charge in [-0.05, 0) is 73.1 Å². The Labute approximate surface area is 201 Å². The van der Waals surface area contributed by atoms with Gasteiger partial charge in [-0.1, -0.05) is 18.2 Å². The summed E-state index contributed by atoms with van der Waals surface area (Å²) in [6.45, 7) is 2.92. The monoisotopic (exact) mass is 468 g/mol. The number of methoxy groups -OCH3 is 1. The van der Waals surface area contributed by atoms with E-state index in [9.17, 15) is 9.90 Å². The molecule has 0 bridgehead atoms. The van der Waals surface area contributed by atoms with Crippen molar-refractivity contribution >= 4 is 5.91 Å². The van der Waals surface area contributed by atoms with Crippen molar-refractivity contribution in [3.05, 3.63) is 64.7 Å². The minimum Gasteiger partial charge on any atom is -0.491 e. The van der Waals surface area contributed by atoms with Gasteiger partial charge in [0.25, 0.3) is 5.91 Å². The Morgan fingerprint density at radius 1 is 1.18 bits per heavy atom. The van der Waals surface area contributed by atoms with Gasteiger partial charge in [0.15, 0.2) is 0 Å². The van der Waals surface area contributed by atoms with E-state index < -0.39 is 6.10 Å². The molecule has 34 heavy (non-hydrogen) atoms. The van der Waals surface area contributed by atoms with E-state index >= 15 is 0 Å². The Hall–Kier alpha value is -2.45. The molecule has 3 atom stereocenters. The zero-order chi connectivity index (χ0) is 23.8. The predicted molar refractivity (Wildman–Crippen MR) is 130 cm³/mol. The molecule has 2 aliphatic rings. The highest BCUT2D eigenvalue weighted by Crippen LogP contribution is 2.23. The van der Waals surface area contributed by atoms with Crippen LogP contribution >= 0.6 is 0 Å².